The summed E-state index contributed by atoms with van der Waals surface area (Å²) >= 11 is 6.19. The van der Waals surface area contributed by atoms with Crippen LogP contribution in [-0.2, 0) is 4.74 Å². The second kappa shape index (κ2) is 7.61. The summed E-state index contributed by atoms with van der Waals surface area (Å²) in [7, 11) is 1.64. The fourth-order valence-corrected chi connectivity index (χ4v) is 2.35. The summed E-state index contributed by atoms with van der Waals surface area (Å²) in [5.41, 5.74) is 0.532. The van der Waals surface area contributed by atoms with Gasteiger partial charge in [-0.1, -0.05) is 18.5 Å². The van der Waals surface area contributed by atoms with Gasteiger partial charge in [-0.2, -0.15) is 0 Å². The Labute approximate surface area is 130 Å². The smallest absolute Gasteiger partial charge is 0.255 e. The van der Waals surface area contributed by atoms with E-state index >= 15 is 0 Å². The zero-order valence-corrected chi connectivity index (χ0v) is 13.3. The molecule has 1 aromatic rings. The number of hydrogen-bond donors (Lipinski definition) is 1. The molecule has 0 saturated heterocycles. The van der Waals surface area contributed by atoms with Crippen LogP contribution in [0.3, 0.4) is 0 Å². The summed E-state index contributed by atoms with van der Waals surface area (Å²) in [6.07, 6.45) is 4.71. The molecule has 1 aromatic heterocycles. The van der Waals surface area contributed by atoms with Crippen molar-refractivity contribution in [2.24, 2.45) is 0 Å². The highest BCUT2D eigenvalue weighted by molar-refractivity contribution is 6.33. The Morgan fingerprint density at radius 3 is 2.90 bits per heavy atom. The van der Waals surface area contributed by atoms with Crippen molar-refractivity contribution in [2.75, 3.05) is 32.1 Å². The summed E-state index contributed by atoms with van der Waals surface area (Å²) < 4.78 is 5.08. The van der Waals surface area contributed by atoms with E-state index in [9.17, 15) is 4.79 Å². The molecule has 5 nitrogen and oxygen atoms in total. The molecule has 0 atom stereocenters. The Morgan fingerprint density at radius 2 is 2.33 bits per heavy atom. The van der Waals surface area contributed by atoms with Crippen LogP contribution in [0, 0.1) is 0 Å². The molecule has 0 aliphatic heterocycles. The Hall–Kier alpha value is -1.33. The van der Waals surface area contributed by atoms with Crippen molar-refractivity contribution < 1.29 is 9.53 Å². The van der Waals surface area contributed by atoms with Crippen LogP contribution in [-0.4, -0.2) is 48.6 Å². The van der Waals surface area contributed by atoms with Gasteiger partial charge in [-0.15, -0.1) is 0 Å². The van der Waals surface area contributed by atoms with Gasteiger partial charge in [-0.25, -0.2) is 4.98 Å². The van der Waals surface area contributed by atoms with E-state index in [0.717, 1.165) is 25.8 Å². The molecule has 1 amide bonds. The minimum atomic E-state index is -0.0222. The van der Waals surface area contributed by atoms with Crippen LogP contribution in [0.2, 0.25) is 5.02 Å². The molecule has 1 heterocycles. The van der Waals surface area contributed by atoms with Gasteiger partial charge in [-0.05, 0) is 25.3 Å². The van der Waals surface area contributed by atoms with Gasteiger partial charge >= 0.3 is 0 Å². The van der Waals surface area contributed by atoms with Gasteiger partial charge in [0.15, 0.2) is 0 Å². The number of halogens is 1. The first-order valence-corrected chi connectivity index (χ1v) is 7.74. The standard InChI is InChI=1S/C15H22ClN3O2/c1-3-6-17-14-13(16)9-11(10-18-14)15(20)19(7-8-21-2)12-4-5-12/h9-10,12H,3-8H2,1-2H3,(H,17,18). The van der Waals surface area contributed by atoms with E-state index in [1.165, 1.54) is 0 Å². The molecule has 1 fully saturated rings. The van der Waals surface area contributed by atoms with Gasteiger partial charge in [-0.3, -0.25) is 4.79 Å². The first-order valence-electron chi connectivity index (χ1n) is 7.36. The van der Waals surface area contributed by atoms with E-state index in [1.807, 2.05) is 4.90 Å². The first-order chi connectivity index (χ1) is 10.2. The summed E-state index contributed by atoms with van der Waals surface area (Å²) in [6, 6.07) is 2.03. The zero-order valence-electron chi connectivity index (χ0n) is 12.6. The Balaban J connectivity index is 2.08. The number of aromatic nitrogens is 1. The number of ether oxygens (including phenoxy) is 1. The molecule has 1 N–H and O–H groups in total. The van der Waals surface area contributed by atoms with Crippen LogP contribution in [0.5, 0.6) is 0 Å². The second-order valence-electron chi connectivity index (χ2n) is 5.20. The largest absolute Gasteiger partial charge is 0.383 e. The van der Waals surface area contributed by atoms with Crippen LogP contribution in [0.25, 0.3) is 0 Å². The summed E-state index contributed by atoms with van der Waals surface area (Å²) in [6.45, 7) is 4.02. The van der Waals surface area contributed by atoms with Gasteiger partial charge in [0.05, 0.1) is 17.2 Å². The Bertz CT molecular complexity index is 492. The van der Waals surface area contributed by atoms with Gasteiger partial charge in [0, 0.05) is 32.4 Å². The molecule has 1 aliphatic rings. The van der Waals surface area contributed by atoms with Gasteiger partial charge < -0.3 is 15.0 Å². The van der Waals surface area contributed by atoms with Crippen molar-refractivity contribution >= 4 is 23.3 Å². The zero-order chi connectivity index (χ0) is 15.2. The lowest BCUT2D eigenvalue weighted by molar-refractivity contribution is 0.0680. The van der Waals surface area contributed by atoms with E-state index in [4.69, 9.17) is 16.3 Å². The highest BCUT2D eigenvalue weighted by atomic mass is 35.5. The maximum atomic E-state index is 12.6. The van der Waals surface area contributed by atoms with Crippen molar-refractivity contribution in [1.82, 2.24) is 9.88 Å². The molecule has 116 valence electrons. The van der Waals surface area contributed by atoms with Crippen LogP contribution in [0.15, 0.2) is 12.3 Å². The first kappa shape index (κ1) is 16.0. The van der Waals surface area contributed by atoms with Gasteiger partial charge in [0.1, 0.15) is 5.82 Å². The summed E-state index contributed by atoms with van der Waals surface area (Å²) in [4.78, 5) is 18.7. The highest BCUT2D eigenvalue weighted by Gasteiger charge is 2.33. The SMILES string of the molecule is CCCNc1ncc(C(=O)N(CCOC)C2CC2)cc1Cl. The van der Waals surface area contributed by atoms with Crippen LogP contribution < -0.4 is 5.32 Å². The molecule has 0 spiro atoms. The Kier molecular flexibility index (Phi) is 5.82. The minimum absolute atomic E-state index is 0.0222. The molecule has 0 aromatic carbocycles. The summed E-state index contributed by atoms with van der Waals surface area (Å²) in [5, 5.41) is 3.62. The average molecular weight is 312 g/mol. The van der Waals surface area contributed by atoms with E-state index < -0.39 is 0 Å². The van der Waals surface area contributed by atoms with Gasteiger partial charge in [0.25, 0.3) is 5.91 Å². The number of methoxy groups -OCH3 is 1. The average Bonchev–Trinajstić information content (AvgIpc) is 3.31. The highest BCUT2D eigenvalue weighted by Crippen LogP contribution is 2.29. The van der Waals surface area contributed by atoms with Crippen LogP contribution >= 0.6 is 11.6 Å². The number of nitrogens with one attached hydrogen (secondary N) is 1. The van der Waals surface area contributed by atoms with Gasteiger partial charge in [0.2, 0.25) is 0 Å². The third kappa shape index (κ3) is 4.32. The van der Waals surface area contributed by atoms with Crippen molar-refractivity contribution in [3.8, 4) is 0 Å². The normalized spacial score (nSPS) is 14.0. The third-order valence-electron chi connectivity index (χ3n) is 3.42. The minimum Gasteiger partial charge on any atom is -0.383 e. The molecular formula is C15H22ClN3O2. The molecule has 1 saturated carbocycles. The predicted octanol–water partition coefficient (Wildman–Crippen LogP) is 2.81. The number of carbonyl (C=O) groups is 1. The predicted molar refractivity (Wildman–Crippen MR) is 84.0 cm³/mol. The fraction of sp³-hybridized carbons (Fsp3) is 0.600. The monoisotopic (exact) mass is 311 g/mol. The lowest BCUT2D eigenvalue weighted by Gasteiger charge is -2.22. The summed E-state index contributed by atoms with van der Waals surface area (Å²) in [5.74, 6) is 0.607. The van der Waals surface area contributed by atoms with Crippen molar-refractivity contribution in [3.05, 3.63) is 22.8 Å². The number of anilines is 1. The molecule has 2 rings (SSSR count). The number of amides is 1. The van der Waals surface area contributed by atoms with Crippen molar-refractivity contribution in [1.29, 1.82) is 0 Å². The van der Waals surface area contributed by atoms with E-state index in [1.54, 1.807) is 19.4 Å². The van der Waals surface area contributed by atoms with Crippen molar-refractivity contribution in [3.63, 3.8) is 0 Å². The van der Waals surface area contributed by atoms with E-state index in [0.29, 0.717) is 35.6 Å². The lowest BCUT2D eigenvalue weighted by Crippen LogP contribution is -2.35. The molecule has 0 bridgehead atoms. The van der Waals surface area contributed by atoms with E-state index in [-0.39, 0.29) is 5.91 Å². The number of nitrogens with zero attached hydrogens (tertiary/aromatic N) is 2. The van der Waals surface area contributed by atoms with E-state index in [2.05, 4.69) is 17.2 Å². The van der Waals surface area contributed by atoms with Crippen LogP contribution in [0.1, 0.15) is 36.5 Å². The number of pyridine rings is 1. The quantitative estimate of drug-likeness (QED) is 0.802. The lowest BCUT2D eigenvalue weighted by atomic mass is 10.2. The number of carbonyl (C=O) groups excluding carboxylic acids is 1. The maximum absolute atomic E-state index is 12.6. The van der Waals surface area contributed by atoms with Crippen molar-refractivity contribution in [2.45, 2.75) is 32.2 Å². The maximum Gasteiger partial charge on any atom is 0.255 e. The molecule has 6 heteroatoms. The van der Waals surface area contributed by atoms with Crippen LogP contribution in [0.4, 0.5) is 5.82 Å². The second-order valence-corrected chi connectivity index (χ2v) is 5.61. The number of hydrogen-bond acceptors (Lipinski definition) is 4. The molecule has 0 unspecified atom stereocenters. The molecule has 21 heavy (non-hydrogen) atoms. The Morgan fingerprint density at radius 1 is 1.57 bits per heavy atom. The molecular weight excluding hydrogens is 290 g/mol. The fourth-order valence-electron chi connectivity index (χ4n) is 2.12. The number of rotatable bonds is 8. The molecule has 0 radical (unpaired) electrons. The third-order valence-corrected chi connectivity index (χ3v) is 3.70. The molecule has 1 aliphatic carbocycles. The topological polar surface area (TPSA) is 54.5 Å².